The Morgan fingerprint density at radius 2 is 1.95 bits per heavy atom. The number of thiocarbonyl (C=S) groups is 1. The smallest absolute Gasteiger partial charge is 0.171 e. The first-order valence-electron chi connectivity index (χ1n) is 6.11. The van der Waals surface area contributed by atoms with Crippen LogP contribution in [0.15, 0.2) is 53.0 Å². The highest BCUT2D eigenvalue weighted by Crippen LogP contribution is 2.14. The summed E-state index contributed by atoms with van der Waals surface area (Å²) in [7, 11) is 1.66. The van der Waals surface area contributed by atoms with E-state index in [2.05, 4.69) is 26.6 Å². The van der Waals surface area contributed by atoms with Crippen LogP contribution >= 0.6 is 28.1 Å². The minimum Gasteiger partial charge on any atom is -0.497 e. The van der Waals surface area contributed by atoms with Crippen molar-refractivity contribution in [1.29, 1.82) is 0 Å². The van der Waals surface area contributed by atoms with Gasteiger partial charge in [-0.3, -0.25) is 0 Å². The van der Waals surface area contributed by atoms with Crippen LogP contribution in [0, 0.1) is 0 Å². The molecule has 0 aliphatic carbocycles. The summed E-state index contributed by atoms with van der Waals surface area (Å²) < 4.78 is 6.23. The monoisotopic (exact) mass is 350 g/mol. The zero-order chi connectivity index (χ0) is 14.4. The summed E-state index contributed by atoms with van der Waals surface area (Å²) in [6.07, 6.45) is 0. The lowest BCUT2D eigenvalue weighted by atomic mass is 10.2. The lowest BCUT2D eigenvalue weighted by molar-refractivity contribution is 0.414. The minimum atomic E-state index is 0.593. The molecule has 0 aliphatic rings. The van der Waals surface area contributed by atoms with E-state index in [0.717, 1.165) is 21.5 Å². The number of hydrogen-bond donors (Lipinski definition) is 2. The first kappa shape index (κ1) is 14.8. The van der Waals surface area contributed by atoms with E-state index in [4.69, 9.17) is 17.0 Å². The second-order valence-electron chi connectivity index (χ2n) is 4.17. The van der Waals surface area contributed by atoms with Gasteiger partial charge in [-0.1, -0.05) is 28.1 Å². The third-order valence-electron chi connectivity index (χ3n) is 2.69. The predicted molar refractivity (Wildman–Crippen MR) is 90.2 cm³/mol. The van der Waals surface area contributed by atoms with Gasteiger partial charge in [-0.15, -0.1) is 0 Å². The quantitative estimate of drug-likeness (QED) is 0.818. The van der Waals surface area contributed by atoms with Gasteiger partial charge in [-0.25, -0.2) is 0 Å². The van der Waals surface area contributed by atoms with E-state index in [1.54, 1.807) is 7.11 Å². The van der Waals surface area contributed by atoms with Gasteiger partial charge in [-0.05, 0) is 54.2 Å². The normalized spacial score (nSPS) is 9.90. The summed E-state index contributed by atoms with van der Waals surface area (Å²) in [5.74, 6) is 0.844. The number of ether oxygens (including phenoxy) is 1. The maximum atomic E-state index is 5.26. The van der Waals surface area contributed by atoms with Gasteiger partial charge in [0.15, 0.2) is 5.11 Å². The summed E-state index contributed by atoms with van der Waals surface area (Å²) in [5.41, 5.74) is 2.07. The third-order valence-corrected chi connectivity index (χ3v) is 3.46. The van der Waals surface area contributed by atoms with Crippen LogP contribution < -0.4 is 15.4 Å². The van der Waals surface area contributed by atoms with Crippen molar-refractivity contribution < 1.29 is 4.74 Å². The Morgan fingerprint density at radius 1 is 1.20 bits per heavy atom. The maximum absolute atomic E-state index is 5.26. The van der Waals surface area contributed by atoms with Crippen LogP contribution in [-0.4, -0.2) is 12.2 Å². The van der Waals surface area contributed by atoms with E-state index >= 15 is 0 Å². The van der Waals surface area contributed by atoms with Gasteiger partial charge in [0, 0.05) is 16.7 Å². The molecule has 0 radical (unpaired) electrons. The fourth-order valence-corrected chi connectivity index (χ4v) is 2.13. The van der Waals surface area contributed by atoms with Crippen molar-refractivity contribution >= 4 is 38.9 Å². The van der Waals surface area contributed by atoms with Crippen molar-refractivity contribution in [2.45, 2.75) is 6.54 Å². The molecule has 0 amide bonds. The van der Waals surface area contributed by atoms with E-state index < -0.39 is 0 Å². The zero-order valence-corrected chi connectivity index (χ0v) is 13.4. The molecular formula is C15H15BrN2OS. The fourth-order valence-electron chi connectivity index (χ4n) is 1.67. The van der Waals surface area contributed by atoms with Crippen LogP contribution in [0.3, 0.4) is 0 Å². The molecule has 20 heavy (non-hydrogen) atoms. The fraction of sp³-hybridized carbons (Fsp3) is 0.133. The topological polar surface area (TPSA) is 33.3 Å². The molecule has 0 fully saturated rings. The van der Waals surface area contributed by atoms with Gasteiger partial charge in [0.1, 0.15) is 5.75 Å². The molecule has 104 valence electrons. The van der Waals surface area contributed by atoms with Crippen LogP contribution in [0.2, 0.25) is 0 Å². The van der Waals surface area contributed by atoms with E-state index in [9.17, 15) is 0 Å². The first-order chi connectivity index (χ1) is 9.67. The number of methoxy groups -OCH3 is 1. The lowest BCUT2D eigenvalue weighted by Crippen LogP contribution is -2.27. The summed E-state index contributed by atoms with van der Waals surface area (Å²) in [6, 6.07) is 15.7. The highest BCUT2D eigenvalue weighted by atomic mass is 79.9. The summed E-state index contributed by atoms with van der Waals surface area (Å²) in [4.78, 5) is 0. The molecule has 3 nitrogen and oxygen atoms in total. The van der Waals surface area contributed by atoms with Gasteiger partial charge < -0.3 is 15.4 Å². The van der Waals surface area contributed by atoms with Crippen LogP contribution in [0.4, 0.5) is 5.69 Å². The molecule has 2 aromatic carbocycles. The Morgan fingerprint density at radius 3 is 2.65 bits per heavy atom. The standard InChI is InChI=1S/C15H15BrN2OS/c1-19-14-4-2-3-11(9-14)10-17-15(20)18-13-7-5-12(16)6-8-13/h2-9H,10H2,1H3,(H2,17,18,20). The number of anilines is 1. The molecule has 0 saturated heterocycles. The van der Waals surface area contributed by atoms with Crippen LogP contribution in [0.1, 0.15) is 5.56 Å². The first-order valence-corrected chi connectivity index (χ1v) is 7.31. The number of halogens is 1. The Kier molecular flexibility index (Phi) is 5.38. The second-order valence-corrected chi connectivity index (χ2v) is 5.49. The summed E-state index contributed by atoms with van der Waals surface area (Å²) >= 11 is 8.66. The van der Waals surface area contributed by atoms with E-state index in [1.807, 2.05) is 48.5 Å². The van der Waals surface area contributed by atoms with Crippen LogP contribution in [0.25, 0.3) is 0 Å². The molecule has 0 saturated carbocycles. The SMILES string of the molecule is COc1cccc(CNC(=S)Nc2ccc(Br)cc2)c1. The Bertz CT molecular complexity index is 587. The van der Waals surface area contributed by atoms with Crippen molar-refractivity contribution in [3.05, 3.63) is 58.6 Å². The molecule has 2 rings (SSSR count). The van der Waals surface area contributed by atoms with Crippen LogP contribution in [0.5, 0.6) is 5.75 Å². The Hall–Kier alpha value is -1.59. The van der Waals surface area contributed by atoms with Crippen molar-refractivity contribution in [3.8, 4) is 5.75 Å². The molecule has 0 heterocycles. The molecule has 0 spiro atoms. The number of hydrogen-bond acceptors (Lipinski definition) is 2. The highest BCUT2D eigenvalue weighted by Gasteiger charge is 1.99. The predicted octanol–water partition coefficient (Wildman–Crippen LogP) is 3.94. The van der Waals surface area contributed by atoms with Gasteiger partial charge in [-0.2, -0.15) is 0 Å². The summed E-state index contributed by atoms with van der Waals surface area (Å²) in [6.45, 7) is 0.652. The Balaban J connectivity index is 1.87. The zero-order valence-electron chi connectivity index (χ0n) is 11.0. The van der Waals surface area contributed by atoms with E-state index in [-0.39, 0.29) is 0 Å². The summed E-state index contributed by atoms with van der Waals surface area (Å²) in [5, 5.41) is 6.90. The molecule has 0 atom stereocenters. The third kappa shape index (κ3) is 4.51. The molecule has 0 aliphatic heterocycles. The average Bonchev–Trinajstić information content (AvgIpc) is 2.48. The van der Waals surface area contributed by atoms with Crippen molar-refractivity contribution in [2.24, 2.45) is 0 Å². The van der Waals surface area contributed by atoms with Crippen molar-refractivity contribution in [1.82, 2.24) is 5.32 Å². The van der Waals surface area contributed by atoms with E-state index in [0.29, 0.717) is 11.7 Å². The van der Waals surface area contributed by atoms with Gasteiger partial charge in [0.2, 0.25) is 0 Å². The Labute approximate surface area is 132 Å². The molecular weight excluding hydrogens is 336 g/mol. The van der Waals surface area contributed by atoms with Gasteiger partial charge in [0.25, 0.3) is 0 Å². The molecule has 2 aromatic rings. The van der Waals surface area contributed by atoms with Crippen molar-refractivity contribution in [3.63, 3.8) is 0 Å². The molecule has 0 bridgehead atoms. The van der Waals surface area contributed by atoms with Crippen molar-refractivity contribution in [2.75, 3.05) is 12.4 Å². The molecule has 5 heteroatoms. The molecule has 0 aromatic heterocycles. The van der Waals surface area contributed by atoms with E-state index in [1.165, 1.54) is 0 Å². The number of benzene rings is 2. The van der Waals surface area contributed by atoms with Crippen LogP contribution in [-0.2, 0) is 6.54 Å². The average molecular weight is 351 g/mol. The largest absolute Gasteiger partial charge is 0.497 e. The number of rotatable bonds is 4. The molecule has 0 unspecified atom stereocenters. The second kappa shape index (κ2) is 7.26. The van der Waals surface area contributed by atoms with Gasteiger partial charge >= 0.3 is 0 Å². The van der Waals surface area contributed by atoms with Gasteiger partial charge in [0.05, 0.1) is 7.11 Å². The molecule has 2 N–H and O–H groups in total. The highest BCUT2D eigenvalue weighted by molar-refractivity contribution is 9.10. The number of nitrogens with one attached hydrogen (secondary N) is 2. The maximum Gasteiger partial charge on any atom is 0.171 e. The lowest BCUT2D eigenvalue weighted by Gasteiger charge is -2.11. The minimum absolute atomic E-state index is 0.593.